The molecule has 0 spiro atoms. The molecule has 0 heterocycles. The summed E-state index contributed by atoms with van der Waals surface area (Å²) in [5.41, 5.74) is 6.37. The first kappa shape index (κ1) is 12.7. The lowest BCUT2D eigenvalue weighted by Gasteiger charge is -2.05. The van der Waals surface area contributed by atoms with Crippen molar-refractivity contribution in [1.82, 2.24) is 0 Å². The van der Waals surface area contributed by atoms with E-state index in [0.717, 1.165) is 6.42 Å². The molecule has 0 fully saturated rings. The molecule has 0 atom stereocenters. The average molecular weight is 258 g/mol. The molecule has 2 aromatic rings. The van der Waals surface area contributed by atoms with E-state index < -0.39 is 0 Å². The van der Waals surface area contributed by atoms with Crippen molar-refractivity contribution in [3.8, 4) is 11.1 Å². The number of hydrogen-bond acceptors (Lipinski definition) is 0. The van der Waals surface area contributed by atoms with Gasteiger partial charge >= 0.3 is 0 Å². The fourth-order valence-electron chi connectivity index (χ4n) is 2.37. The Labute approximate surface area is 120 Å². The third-order valence-electron chi connectivity index (χ3n) is 3.58. The molecule has 0 heteroatoms. The maximum Gasteiger partial charge on any atom is -0.0163 e. The molecule has 3 rings (SSSR count). The Morgan fingerprint density at radius 2 is 1.30 bits per heavy atom. The van der Waals surface area contributed by atoms with Crippen LogP contribution in [0.4, 0.5) is 0 Å². The number of aryl methyl sites for hydroxylation is 1. The van der Waals surface area contributed by atoms with Crippen LogP contribution in [0.2, 0.25) is 0 Å². The van der Waals surface area contributed by atoms with E-state index in [1.165, 1.54) is 27.8 Å². The standard InChI is InChI=1S/C20H18/c1-16-8-10-18(11-9-16)20-14-12-19(13-15-20)17-6-4-2-3-5-7-17/h2,4-15H,3H2,1H3. The van der Waals surface area contributed by atoms with Gasteiger partial charge in [0.25, 0.3) is 0 Å². The third-order valence-corrected chi connectivity index (χ3v) is 3.58. The summed E-state index contributed by atoms with van der Waals surface area (Å²) in [6, 6.07) is 17.5. The first-order chi connectivity index (χ1) is 9.83. The van der Waals surface area contributed by atoms with Gasteiger partial charge in [-0.1, -0.05) is 84.5 Å². The quantitative estimate of drug-likeness (QED) is 0.661. The molecule has 0 aliphatic heterocycles. The molecule has 1 aliphatic carbocycles. The van der Waals surface area contributed by atoms with Crippen LogP contribution in [0.25, 0.3) is 16.7 Å². The summed E-state index contributed by atoms with van der Waals surface area (Å²) in [5.74, 6) is 0. The Morgan fingerprint density at radius 3 is 2.00 bits per heavy atom. The summed E-state index contributed by atoms with van der Waals surface area (Å²) in [4.78, 5) is 0. The Hall–Kier alpha value is -2.34. The summed E-state index contributed by atoms with van der Waals surface area (Å²) >= 11 is 0. The van der Waals surface area contributed by atoms with Gasteiger partial charge in [0.15, 0.2) is 0 Å². The van der Waals surface area contributed by atoms with Gasteiger partial charge in [-0.25, -0.2) is 0 Å². The molecular formula is C20H18. The van der Waals surface area contributed by atoms with Crippen LogP contribution in [0.15, 0.2) is 78.9 Å². The van der Waals surface area contributed by atoms with Crippen LogP contribution in [0.1, 0.15) is 17.5 Å². The number of hydrogen-bond donors (Lipinski definition) is 0. The van der Waals surface area contributed by atoms with E-state index >= 15 is 0 Å². The Bertz CT molecular complexity index is 665. The predicted octanol–water partition coefficient (Wildman–Crippen LogP) is 5.56. The molecule has 0 nitrogen and oxygen atoms in total. The van der Waals surface area contributed by atoms with Gasteiger partial charge in [-0.15, -0.1) is 0 Å². The first-order valence-corrected chi connectivity index (χ1v) is 7.04. The molecule has 0 unspecified atom stereocenters. The zero-order chi connectivity index (χ0) is 13.8. The minimum atomic E-state index is 1.02. The highest BCUT2D eigenvalue weighted by molar-refractivity contribution is 5.77. The van der Waals surface area contributed by atoms with Crippen LogP contribution in [0, 0.1) is 6.92 Å². The second kappa shape index (κ2) is 5.75. The molecule has 0 N–H and O–H groups in total. The summed E-state index contributed by atoms with van der Waals surface area (Å²) in [6.45, 7) is 2.12. The highest BCUT2D eigenvalue weighted by atomic mass is 14.1. The zero-order valence-corrected chi connectivity index (χ0v) is 11.7. The summed E-state index contributed by atoms with van der Waals surface area (Å²) in [5, 5.41) is 0. The maximum atomic E-state index is 2.20. The predicted molar refractivity (Wildman–Crippen MR) is 87.5 cm³/mol. The summed E-state index contributed by atoms with van der Waals surface area (Å²) < 4.78 is 0. The highest BCUT2D eigenvalue weighted by Gasteiger charge is 2.01. The number of rotatable bonds is 2. The van der Waals surface area contributed by atoms with Gasteiger partial charge in [-0.2, -0.15) is 0 Å². The van der Waals surface area contributed by atoms with E-state index in [-0.39, 0.29) is 0 Å². The van der Waals surface area contributed by atoms with E-state index in [1.54, 1.807) is 0 Å². The lowest BCUT2D eigenvalue weighted by molar-refractivity contribution is 1.41. The van der Waals surface area contributed by atoms with Crippen LogP contribution < -0.4 is 0 Å². The molecule has 0 radical (unpaired) electrons. The fraction of sp³-hybridized carbons (Fsp3) is 0.100. The molecule has 0 saturated carbocycles. The van der Waals surface area contributed by atoms with E-state index in [4.69, 9.17) is 0 Å². The van der Waals surface area contributed by atoms with E-state index in [0.29, 0.717) is 0 Å². The van der Waals surface area contributed by atoms with Crippen molar-refractivity contribution < 1.29 is 0 Å². The van der Waals surface area contributed by atoms with Crippen molar-refractivity contribution in [2.75, 3.05) is 0 Å². The number of benzene rings is 2. The van der Waals surface area contributed by atoms with Crippen molar-refractivity contribution in [2.24, 2.45) is 0 Å². The van der Waals surface area contributed by atoms with Gasteiger partial charge in [0.1, 0.15) is 0 Å². The smallest absolute Gasteiger partial charge is 0.0163 e. The fourth-order valence-corrected chi connectivity index (χ4v) is 2.37. The molecule has 0 bridgehead atoms. The van der Waals surface area contributed by atoms with Crippen molar-refractivity contribution >= 4 is 5.57 Å². The lowest BCUT2D eigenvalue weighted by atomic mass is 9.99. The molecule has 2 aromatic carbocycles. The van der Waals surface area contributed by atoms with Crippen molar-refractivity contribution in [3.05, 3.63) is 90.0 Å². The Kier molecular flexibility index (Phi) is 3.64. The highest BCUT2D eigenvalue weighted by Crippen LogP contribution is 2.24. The third kappa shape index (κ3) is 2.80. The monoisotopic (exact) mass is 258 g/mol. The van der Waals surface area contributed by atoms with Gasteiger partial charge in [0.05, 0.1) is 0 Å². The molecule has 0 aromatic heterocycles. The Morgan fingerprint density at radius 1 is 0.700 bits per heavy atom. The molecule has 1 aliphatic rings. The SMILES string of the molecule is Cc1ccc(-c2ccc(C3=CC=CCC=C3)cc2)cc1. The van der Waals surface area contributed by atoms with Gasteiger partial charge in [-0.3, -0.25) is 0 Å². The largest absolute Gasteiger partial charge is 0.0807 e. The van der Waals surface area contributed by atoms with Gasteiger partial charge < -0.3 is 0 Å². The normalized spacial score (nSPS) is 13.9. The molecule has 0 saturated heterocycles. The topological polar surface area (TPSA) is 0 Å². The van der Waals surface area contributed by atoms with Crippen LogP contribution in [0.3, 0.4) is 0 Å². The molecule has 20 heavy (non-hydrogen) atoms. The molecular weight excluding hydrogens is 240 g/mol. The van der Waals surface area contributed by atoms with E-state index in [2.05, 4.69) is 85.8 Å². The van der Waals surface area contributed by atoms with Crippen LogP contribution in [-0.2, 0) is 0 Å². The zero-order valence-electron chi connectivity index (χ0n) is 11.7. The van der Waals surface area contributed by atoms with Gasteiger partial charge in [0.2, 0.25) is 0 Å². The average Bonchev–Trinajstić information content (AvgIpc) is 2.77. The van der Waals surface area contributed by atoms with E-state index in [9.17, 15) is 0 Å². The Balaban J connectivity index is 1.89. The summed E-state index contributed by atoms with van der Waals surface area (Å²) in [6.07, 6.45) is 11.9. The van der Waals surface area contributed by atoms with Crippen molar-refractivity contribution in [2.45, 2.75) is 13.3 Å². The van der Waals surface area contributed by atoms with E-state index in [1.807, 2.05) is 0 Å². The maximum absolute atomic E-state index is 2.20. The second-order valence-corrected chi connectivity index (χ2v) is 5.13. The van der Waals surface area contributed by atoms with Gasteiger partial charge in [-0.05, 0) is 35.6 Å². The first-order valence-electron chi connectivity index (χ1n) is 7.04. The minimum Gasteiger partial charge on any atom is -0.0807 e. The molecule has 0 amide bonds. The van der Waals surface area contributed by atoms with Crippen LogP contribution in [0.5, 0.6) is 0 Å². The number of allylic oxidation sites excluding steroid dienone is 6. The van der Waals surface area contributed by atoms with Crippen molar-refractivity contribution in [1.29, 1.82) is 0 Å². The minimum absolute atomic E-state index is 1.02. The van der Waals surface area contributed by atoms with Crippen molar-refractivity contribution in [3.63, 3.8) is 0 Å². The van der Waals surface area contributed by atoms with Gasteiger partial charge in [0, 0.05) is 0 Å². The summed E-state index contributed by atoms with van der Waals surface area (Å²) in [7, 11) is 0. The lowest BCUT2D eigenvalue weighted by Crippen LogP contribution is -1.83. The van der Waals surface area contributed by atoms with Crippen LogP contribution >= 0.6 is 0 Å². The van der Waals surface area contributed by atoms with Crippen LogP contribution in [-0.4, -0.2) is 0 Å². The molecule has 98 valence electrons. The second-order valence-electron chi connectivity index (χ2n) is 5.13.